The van der Waals surface area contributed by atoms with Crippen LogP contribution in [0.1, 0.15) is 41.3 Å². The number of aryl methyl sites for hydroxylation is 2. The normalized spacial score (nSPS) is 10.2. The lowest BCUT2D eigenvalue weighted by Crippen LogP contribution is -2.29. The molecule has 0 unspecified atom stereocenters. The summed E-state index contributed by atoms with van der Waals surface area (Å²) in [5.74, 6) is -0.815. The van der Waals surface area contributed by atoms with Crippen molar-refractivity contribution in [1.82, 2.24) is 5.32 Å². The SMILES string of the molecule is CCCCNC(=O)COC(=O)c1cc(N)c(C)cc1C. The van der Waals surface area contributed by atoms with Crippen LogP contribution in [-0.2, 0) is 9.53 Å². The number of anilines is 1. The first kappa shape index (κ1) is 16.0. The minimum Gasteiger partial charge on any atom is -0.452 e. The second-order valence-corrected chi connectivity index (χ2v) is 4.80. The maximum Gasteiger partial charge on any atom is 0.338 e. The van der Waals surface area contributed by atoms with Crippen LogP contribution in [0.15, 0.2) is 12.1 Å². The number of nitrogens with one attached hydrogen (secondary N) is 1. The van der Waals surface area contributed by atoms with E-state index in [4.69, 9.17) is 10.5 Å². The molecule has 0 aliphatic rings. The Morgan fingerprint density at radius 3 is 2.60 bits per heavy atom. The molecule has 0 atom stereocenters. The van der Waals surface area contributed by atoms with Crippen LogP contribution in [0.3, 0.4) is 0 Å². The number of carbonyl (C=O) groups is 2. The zero-order chi connectivity index (χ0) is 15.1. The molecule has 0 fully saturated rings. The van der Waals surface area contributed by atoms with E-state index in [0.717, 1.165) is 24.0 Å². The van der Waals surface area contributed by atoms with Crippen molar-refractivity contribution in [2.75, 3.05) is 18.9 Å². The molecule has 1 aromatic rings. The quantitative estimate of drug-likeness (QED) is 0.473. The number of hydrogen-bond donors (Lipinski definition) is 2. The van der Waals surface area contributed by atoms with Gasteiger partial charge in [0, 0.05) is 12.2 Å². The first-order valence-electron chi connectivity index (χ1n) is 6.76. The standard InChI is InChI=1S/C15H22N2O3/c1-4-5-6-17-14(18)9-20-15(19)12-8-13(16)11(3)7-10(12)2/h7-8H,4-6,9,16H2,1-3H3,(H,17,18). The molecule has 0 radical (unpaired) electrons. The van der Waals surface area contributed by atoms with Crippen LogP contribution in [0, 0.1) is 13.8 Å². The molecule has 20 heavy (non-hydrogen) atoms. The highest BCUT2D eigenvalue weighted by atomic mass is 16.5. The lowest BCUT2D eigenvalue weighted by Gasteiger charge is -2.10. The van der Waals surface area contributed by atoms with E-state index in [9.17, 15) is 9.59 Å². The third kappa shape index (κ3) is 4.57. The van der Waals surface area contributed by atoms with Crippen molar-refractivity contribution in [3.8, 4) is 0 Å². The maximum absolute atomic E-state index is 11.9. The number of rotatable bonds is 6. The minimum atomic E-state index is -0.528. The van der Waals surface area contributed by atoms with Gasteiger partial charge >= 0.3 is 5.97 Å². The predicted octanol–water partition coefficient (Wildman–Crippen LogP) is 1.96. The van der Waals surface area contributed by atoms with Crippen LogP contribution >= 0.6 is 0 Å². The van der Waals surface area contributed by atoms with Crippen molar-refractivity contribution in [2.24, 2.45) is 0 Å². The highest BCUT2D eigenvalue weighted by Gasteiger charge is 2.14. The molecular formula is C15H22N2O3. The Morgan fingerprint density at radius 1 is 1.25 bits per heavy atom. The van der Waals surface area contributed by atoms with Gasteiger partial charge in [0.25, 0.3) is 5.91 Å². The second kappa shape index (κ2) is 7.53. The largest absolute Gasteiger partial charge is 0.452 e. The summed E-state index contributed by atoms with van der Waals surface area (Å²) < 4.78 is 4.99. The highest BCUT2D eigenvalue weighted by molar-refractivity contribution is 5.93. The van der Waals surface area contributed by atoms with Gasteiger partial charge in [-0.15, -0.1) is 0 Å². The molecule has 0 aliphatic heterocycles. The molecular weight excluding hydrogens is 256 g/mol. The van der Waals surface area contributed by atoms with Crippen molar-refractivity contribution in [1.29, 1.82) is 0 Å². The molecule has 0 aliphatic carbocycles. The smallest absolute Gasteiger partial charge is 0.338 e. The molecule has 0 saturated heterocycles. The van der Waals surface area contributed by atoms with E-state index < -0.39 is 5.97 Å². The summed E-state index contributed by atoms with van der Waals surface area (Å²) in [4.78, 5) is 23.4. The summed E-state index contributed by atoms with van der Waals surface area (Å²) in [6.07, 6.45) is 1.91. The van der Waals surface area contributed by atoms with Crippen LogP contribution in [0.25, 0.3) is 0 Å². The number of ether oxygens (including phenoxy) is 1. The van der Waals surface area contributed by atoms with Crippen LogP contribution in [0.4, 0.5) is 5.69 Å². The number of nitrogens with two attached hydrogens (primary N) is 1. The Hall–Kier alpha value is -2.04. The van der Waals surface area contributed by atoms with E-state index in [0.29, 0.717) is 17.8 Å². The van der Waals surface area contributed by atoms with E-state index in [2.05, 4.69) is 5.32 Å². The number of unbranched alkanes of at least 4 members (excludes halogenated alkanes) is 1. The monoisotopic (exact) mass is 278 g/mol. The first-order chi connectivity index (χ1) is 9.45. The Balaban J connectivity index is 2.55. The van der Waals surface area contributed by atoms with Crippen molar-refractivity contribution in [3.63, 3.8) is 0 Å². The zero-order valence-corrected chi connectivity index (χ0v) is 12.3. The lowest BCUT2D eigenvalue weighted by atomic mass is 10.0. The molecule has 1 amide bonds. The van der Waals surface area contributed by atoms with Crippen molar-refractivity contribution in [2.45, 2.75) is 33.6 Å². The van der Waals surface area contributed by atoms with Gasteiger partial charge in [-0.25, -0.2) is 4.79 Å². The Morgan fingerprint density at radius 2 is 1.95 bits per heavy atom. The van der Waals surface area contributed by atoms with Gasteiger partial charge in [-0.3, -0.25) is 4.79 Å². The fraction of sp³-hybridized carbons (Fsp3) is 0.467. The third-order valence-corrected chi connectivity index (χ3v) is 3.02. The molecule has 5 heteroatoms. The highest BCUT2D eigenvalue weighted by Crippen LogP contribution is 2.18. The van der Waals surface area contributed by atoms with E-state index >= 15 is 0 Å². The number of hydrogen-bond acceptors (Lipinski definition) is 4. The average Bonchev–Trinajstić information content (AvgIpc) is 2.40. The Bertz CT molecular complexity index is 498. The molecule has 5 nitrogen and oxygen atoms in total. The summed E-state index contributed by atoms with van der Waals surface area (Å²) in [6.45, 7) is 6.05. The Kier molecular flexibility index (Phi) is 6.03. The molecule has 1 rings (SSSR count). The summed E-state index contributed by atoms with van der Waals surface area (Å²) in [5.41, 5.74) is 8.41. The fourth-order valence-corrected chi connectivity index (χ4v) is 1.75. The number of nitrogen functional groups attached to an aromatic ring is 1. The van der Waals surface area contributed by atoms with Gasteiger partial charge in [-0.1, -0.05) is 19.4 Å². The molecule has 0 saturated carbocycles. The fourth-order valence-electron chi connectivity index (χ4n) is 1.75. The summed E-state index contributed by atoms with van der Waals surface area (Å²) in [7, 11) is 0. The summed E-state index contributed by atoms with van der Waals surface area (Å²) in [5, 5.41) is 2.68. The number of amides is 1. The first-order valence-corrected chi connectivity index (χ1v) is 6.76. The van der Waals surface area contributed by atoms with Gasteiger partial charge in [-0.2, -0.15) is 0 Å². The predicted molar refractivity (Wildman–Crippen MR) is 78.5 cm³/mol. The van der Waals surface area contributed by atoms with E-state index in [1.807, 2.05) is 26.8 Å². The number of carbonyl (C=O) groups excluding carboxylic acids is 2. The zero-order valence-electron chi connectivity index (χ0n) is 12.3. The second-order valence-electron chi connectivity index (χ2n) is 4.80. The number of esters is 1. The minimum absolute atomic E-state index is 0.268. The van der Waals surface area contributed by atoms with Crippen LogP contribution in [0.2, 0.25) is 0 Å². The van der Waals surface area contributed by atoms with Gasteiger partial charge in [0.15, 0.2) is 6.61 Å². The molecule has 110 valence electrons. The Labute approximate surface area is 119 Å². The maximum atomic E-state index is 11.9. The van der Waals surface area contributed by atoms with Gasteiger partial charge in [-0.05, 0) is 37.5 Å². The summed E-state index contributed by atoms with van der Waals surface area (Å²) in [6, 6.07) is 3.41. The van der Waals surface area contributed by atoms with Crippen LogP contribution in [-0.4, -0.2) is 25.0 Å². The lowest BCUT2D eigenvalue weighted by molar-refractivity contribution is -0.124. The van der Waals surface area contributed by atoms with Crippen molar-refractivity contribution < 1.29 is 14.3 Å². The molecule has 0 spiro atoms. The van der Waals surface area contributed by atoms with Gasteiger partial charge in [0.05, 0.1) is 5.56 Å². The molecule has 0 heterocycles. The van der Waals surface area contributed by atoms with E-state index in [-0.39, 0.29) is 12.5 Å². The van der Waals surface area contributed by atoms with Crippen LogP contribution in [0.5, 0.6) is 0 Å². The molecule has 0 bridgehead atoms. The summed E-state index contributed by atoms with van der Waals surface area (Å²) >= 11 is 0. The molecule has 1 aromatic carbocycles. The van der Waals surface area contributed by atoms with Crippen LogP contribution < -0.4 is 11.1 Å². The van der Waals surface area contributed by atoms with Gasteiger partial charge in [0.2, 0.25) is 0 Å². The number of benzene rings is 1. The van der Waals surface area contributed by atoms with Crippen molar-refractivity contribution >= 4 is 17.6 Å². The van der Waals surface area contributed by atoms with E-state index in [1.54, 1.807) is 6.07 Å². The van der Waals surface area contributed by atoms with E-state index in [1.165, 1.54) is 0 Å². The third-order valence-electron chi connectivity index (χ3n) is 3.02. The topological polar surface area (TPSA) is 81.4 Å². The average molecular weight is 278 g/mol. The van der Waals surface area contributed by atoms with Gasteiger partial charge < -0.3 is 15.8 Å². The molecule has 0 aromatic heterocycles. The van der Waals surface area contributed by atoms with Crippen molar-refractivity contribution in [3.05, 3.63) is 28.8 Å². The van der Waals surface area contributed by atoms with Gasteiger partial charge in [0.1, 0.15) is 0 Å². The molecule has 3 N–H and O–H groups in total.